The number of methoxy groups -OCH3 is 1. The summed E-state index contributed by atoms with van der Waals surface area (Å²) in [5.74, 6) is -0.913. The second-order valence-corrected chi connectivity index (χ2v) is 5.24. The number of aliphatic hydroxyl groups excluding tert-OH is 1. The van der Waals surface area contributed by atoms with E-state index in [1.165, 1.54) is 7.11 Å². The lowest BCUT2D eigenvalue weighted by molar-refractivity contribution is -0.159. The van der Waals surface area contributed by atoms with Gasteiger partial charge < -0.3 is 24.6 Å². The van der Waals surface area contributed by atoms with Gasteiger partial charge in [-0.1, -0.05) is 0 Å². The van der Waals surface area contributed by atoms with Gasteiger partial charge in [-0.15, -0.1) is 0 Å². The van der Waals surface area contributed by atoms with E-state index in [1.54, 1.807) is 0 Å². The summed E-state index contributed by atoms with van der Waals surface area (Å²) in [4.78, 5) is 11.4. The average Bonchev–Trinajstić information content (AvgIpc) is 2.76. The van der Waals surface area contributed by atoms with Gasteiger partial charge in [-0.2, -0.15) is 0 Å². The molecule has 2 aliphatic heterocycles. The summed E-state index contributed by atoms with van der Waals surface area (Å²) >= 11 is 0. The molecule has 0 saturated carbocycles. The van der Waals surface area contributed by atoms with Crippen molar-refractivity contribution in [2.24, 2.45) is 0 Å². The number of carbonyl (C=O) groups excluding carboxylic acids is 1. The van der Waals surface area contributed by atoms with Gasteiger partial charge >= 0.3 is 5.97 Å². The minimum Gasteiger partial charge on any atom is -0.469 e. The Bertz CT molecular complexity index is 320. The second-order valence-electron chi connectivity index (χ2n) is 5.24. The number of nitrogens with one attached hydrogen (secondary N) is 1. The van der Waals surface area contributed by atoms with E-state index in [-0.39, 0.29) is 43.3 Å². The van der Waals surface area contributed by atoms with Crippen LogP contribution in [0.3, 0.4) is 0 Å². The van der Waals surface area contributed by atoms with Crippen LogP contribution in [0.15, 0.2) is 0 Å². The molecule has 18 heavy (non-hydrogen) atoms. The summed E-state index contributed by atoms with van der Waals surface area (Å²) in [6.07, 6.45) is 0.537. The Morgan fingerprint density at radius 1 is 1.33 bits per heavy atom. The maximum absolute atomic E-state index is 11.4. The SMILES string of the molecule is COC(=O)C[C@@H]1N[C@H](CCO)[C@H]2OC(C)(C)O[C@H]21. The van der Waals surface area contributed by atoms with Crippen molar-refractivity contribution >= 4 is 5.97 Å². The van der Waals surface area contributed by atoms with Crippen LogP contribution in [0.1, 0.15) is 26.7 Å². The monoisotopic (exact) mass is 259 g/mol. The van der Waals surface area contributed by atoms with Gasteiger partial charge in [-0.3, -0.25) is 4.79 Å². The predicted molar refractivity (Wildman–Crippen MR) is 62.9 cm³/mol. The smallest absolute Gasteiger partial charge is 0.307 e. The molecule has 6 nitrogen and oxygen atoms in total. The van der Waals surface area contributed by atoms with E-state index >= 15 is 0 Å². The lowest BCUT2D eigenvalue weighted by Crippen LogP contribution is -2.40. The number of hydrogen-bond acceptors (Lipinski definition) is 6. The zero-order valence-corrected chi connectivity index (χ0v) is 11.0. The van der Waals surface area contributed by atoms with E-state index < -0.39 is 5.79 Å². The molecule has 0 aromatic carbocycles. The standard InChI is InChI=1S/C12H21NO5/c1-12(2)17-10-7(4-5-14)13-8(11(10)18-12)6-9(15)16-3/h7-8,10-11,13-14H,4-6H2,1-3H3/t7-,8+,10-,11+/m1/s1. The maximum atomic E-state index is 11.4. The number of hydrogen-bond donors (Lipinski definition) is 2. The van der Waals surface area contributed by atoms with Crippen molar-refractivity contribution in [2.75, 3.05) is 13.7 Å². The van der Waals surface area contributed by atoms with E-state index in [9.17, 15) is 4.79 Å². The molecule has 0 radical (unpaired) electrons. The number of aliphatic hydroxyl groups is 1. The molecule has 2 aliphatic rings. The van der Waals surface area contributed by atoms with Crippen LogP contribution in [-0.4, -0.2) is 54.9 Å². The normalized spacial score (nSPS) is 37.6. The molecule has 0 bridgehead atoms. The Kier molecular flexibility index (Phi) is 3.91. The van der Waals surface area contributed by atoms with Crippen LogP contribution in [0.25, 0.3) is 0 Å². The van der Waals surface area contributed by atoms with Crippen LogP contribution in [0.2, 0.25) is 0 Å². The molecule has 4 atom stereocenters. The van der Waals surface area contributed by atoms with Gasteiger partial charge in [-0.25, -0.2) is 0 Å². The maximum Gasteiger partial charge on any atom is 0.307 e. The number of fused-ring (bicyclic) bond motifs is 1. The van der Waals surface area contributed by atoms with Gasteiger partial charge in [-0.05, 0) is 20.3 Å². The molecular weight excluding hydrogens is 238 g/mol. The van der Waals surface area contributed by atoms with Crippen molar-refractivity contribution in [1.29, 1.82) is 0 Å². The van der Waals surface area contributed by atoms with Crippen LogP contribution in [0.4, 0.5) is 0 Å². The Morgan fingerprint density at radius 3 is 2.50 bits per heavy atom. The Morgan fingerprint density at radius 2 is 1.94 bits per heavy atom. The molecule has 0 unspecified atom stereocenters. The molecular formula is C12H21NO5. The second kappa shape index (κ2) is 5.13. The first-order valence-corrected chi connectivity index (χ1v) is 6.26. The van der Waals surface area contributed by atoms with Crippen LogP contribution >= 0.6 is 0 Å². The van der Waals surface area contributed by atoms with E-state index in [4.69, 9.17) is 14.6 Å². The summed E-state index contributed by atoms with van der Waals surface area (Å²) < 4.78 is 16.4. The van der Waals surface area contributed by atoms with E-state index in [0.29, 0.717) is 6.42 Å². The molecule has 2 heterocycles. The fraction of sp³-hybridized carbons (Fsp3) is 0.917. The highest BCUT2D eigenvalue weighted by molar-refractivity contribution is 5.70. The third-order valence-corrected chi connectivity index (χ3v) is 3.44. The summed E-state index contributed by atoms with van der Waals surface area (Å²) in [6, 6.07) is -0.114. The lowest BCUT2D eigenvalue weighted by Gasteiger charge is -2.24. The first kappa shape index (κ1) is 13.7. The summed E-state index contributed by atoms with van der Waals surface area (Å²) in [7, 11) is 1.37. The minimum absolute atomic E-state index is 0.0106. The zero-order valence-electron chi connectivity index (χ0n) is 11.0. The average molecular weight is 259 g/mol. The predicted octanol–water partition coefficient (Wildman–Crippen LogP) is -0.208. The van der Waals surface area contributed by atoms with Crippen molar-refractivity contribution in [3.05, 3.63) is 0 Å². The van der Waals surface area contributed by atoms with Gasteiger partial charge in [0.05, 0.1) is 13.5 Å². The molecule has 6 heteroatoms. The fourth-order valence-corrected chi connectivity index (χ4v) is 2.73. The van der Waals surface area contributed by atoms with Crippen molar-refractivity contribution in [3.8, 4) is 0 Å². The van der Waals surface area contributed by atoms with Crippen LogP contribution in [0.5, 0.6) is 0 Å². The van der Waals surface area contributed by atoms with Crippen LogP contribution in [-0.2, 0) is 19.0 Å². The number of carbonyl (C=O) groups is 1. The van der Waals surface area contributed by atoms with Crippen LogP contribution < -0.4 is 5.32 Å². The van der Waals surface area contributed by atoms with Gasteiger partial charge in [0.15, 0.2) is 5.79 Å². The molecule has 0 spiro atoms. The highest BCUT2D eigenvalue weighted by Crippen LogP contribution is 2.37. The number of esters is 1. The van der Waals surface area contributed by atoms with E-state index in [0.717, 1.165) is 0 Å². The molecule has 2 rings (SSSR count). The third kappa shape index (κ3) is 2.66. The van der Waals surface area contributed by atoms with Crippen molar-refractivity contribution in [3.63, 3.8) is 0 Å². The summed E-state index contributed by atoms with van der Waals surface area (Å²) in [6.45, 7) is 3.79. The molecule has 104 valence electrons. The lowest BCUT2D eigenvalue weighted by atomic mass is 10.0. The largest absolute Gasteiger partial charge is 0.469 e. The molecule has 0 amide bonds. The Labute approximate surface area is 107 Å². The van der Waals surface area contributed by atoms with E-state index in [1.807, 2.05) is 13.8 Å². The summed E-state index contributed by atoms with van der Waals surface area (Å²) in [5.41, 5.74) is 0. The van der Waals surface area contributed by atoms with Gasteiger partial charge in [0, 0.05) is 18.7 Å². The third-order valence-electron chi connectivity index (χ3n) is 3.44. The Balaban J connectivity index is 2.06. The first-order chi connectivity index (χ1) is 8.46. The van der Waals surface area contributed by atoms with Crippen LogP contribution in [0, 0.1) is 0 Å². The molecule has 2 fully saturated rings. The number of ether oxygens (including phenoxy) is 3. The fourth-order valence-electron chi connectivity index (χ4n) is 2.73. The Hall–Kier alpha value is -0.690. The molecule has 0 aromatic rings. The zero-order chi connectivity index (χ0) is 13.3. The highest BCUT2D eigenvalue weighted by Gasteiger charge is 2.53. The topological polar surface area (TPSA) is 77.0 Å². The molecule has 0 aliphatic carbocycles. The van der Waals surface area contributed by atoms with Gasteiger partial charge in [0.1, 0.15) is 12.2 Å². The number of rotatable bonds is 4. The van der Waals surface area contributed by atoms with Gasteiger partial charge in [0.25, 0.3) is 0 Å². The van der Waals surface area contributed by atoms with E-state index in [2.05, 4.69) is 10.1 Å². The minimum atomic E-state index is -0.639. The summed E-state index contributed by atoms with van der Waals surface area (Å²) in [5, 5.41) is 12.3. The van der Waals surface area contributed by atoms with Crippen molar-refractivity contribution in [2.45, 2.75) is 56.8 Å². The van der Waals surface area contributed by atoms with Crippen molar-refractivity contribution < 1.29 is 24.1 Å². The van der Waals surface area contributed by atoms with Gasteiger partial charge in [0.2, 0.25) is 0 Å². The first-order valence-electron chi connectivity index (χ1n) is 6.26. The highest BCUT2D eigenvalue weighted by atomic mass is 16.8. The van der Waals surface area contributed by atoms with Crippen molar-refractivity contribution in [1.82, 2.24) is 5.32 Å². The molecule has 2 N–H and O–H groups in total. The quantitative estimate of drug-likeness (QED) is 0.680. The molecule has 2 saturated heterocycles. The molecule has 0 aromatic heterocycles.